The van der Waals surface area contributed by atoms with Crippen molar-refractivity contribution >= 4 is 22.2 Å². The number of sulfonamides is 1. The van der Waals surface area contributed by atoms with E-state index in [9.17, 15) is 18.0 Å². The summed E-state index contributed by atoms with van der Waals surface area (Å²) in [6.07, 6.45) is 2.16. The predicted octanol–water partition coefficient (Wildman–Crippen LogP) is 0.805. The maximum Gasteiger partial charge on any atom is 0.243 e. The van der Waals surface area contributed by atoms with Gasteiger partial charge >= 0.3 is 0 Å². The third kappa shape index (κ3) is 3.36. The first-order valence-electron chi connectivity index (χ1n) is 7.14. The number of hydrogen-bond acceptors (Lipinski definition) is 4. The third-order valence-corrected chi connectivity index (χ3v) is 5.68. The minimum absolute atomic E-state index is 0.154. The van der Waals surface area contributed by atoms with Crippen LogP contribution >= 0.6 is 0 Å². The highest BCUT2D eigenvalue weighted by molar-refractivity contribution is 7.89. The molecule has 1 atom stereocenters. The van der Waals surface area contributed by atoms with Gasteiger partial charge in [-0.25, -0.2) is 8.42 Å². The lowest BCUT2D eigenvalue weighted by atomic mass is 10.2. The molecule has 1 heterocycles. The molecule has 1 saturated heterocycles. The van der Waals surface area contributed by atoms with Gasteiger partial charge in [0.2, 0.25) is 15.9 Å². The van der Waals surface area contributed by atoms with Gasteiger partial charge in [-0.3, -0.25) is 4.79 Å². The Bertz CT molecular complexity index is 655. The van der Waals surface area contributed by atoms with Crippen molar-refractivity contribution < 1.29 is 18.0 Å². The summed E-state index contributed by atoms with van der Waals surface area (Å²) in [5.41, 5.74) is 0.962. The van der Waals surface area contributed by atoms with E-state index in [0.29, 0.717) is 13.0 Å². The average molecular weight is 324 g/mol. The standard InChI is InChI=1S/C15H20N2O4S/c1-12-5-7-14(8-6-12)22(20,21)16(2)10-15(19)17-9-3-4-13(17)11-18/h5-8,11,13H,3-4,9-10H2,1-2H3/t13-/m0/s1. The molecule has 1 fully saturated rings. The van der Waals surface area contributed by atoms with Gasteiger partial charge in [0.05, 0.1) is 17.5 Å². The van der Waals surface area contributed by atoms with Crippen molar-refractivity contribution in [3.05, 3.63) is 29.8 Å². The molecule has 1 amide bonds. The van der Waals surface area contributed by atoms with E-state index >= 15 is 0 Å². The Hall–Kier alpha value is -1.73. The number of rotatable bonds is 5. The van der Waals surface area contributed by atoms with E-state index in [0.717, 1.165) is 22.6 Å². The molecule has 0 spiro atoms. The second-order valence-electron chi connectivity index (χ2n) is 5.51. The molecule has 22 heavy (non-hydrogen) atoms. The first-order valence-corrected chi connectivity index (χ1v) is 8.58. The third-order valence-electron chi connectivity index (χ3n) is 3.86. The number of hydrogen-bond donors (Lipinski definition) is 0. The van der Waals surface area contributed by atoms with E-state index in [-0.39, 0.29) is 17.3 Å². The summed E-state index contributed by atoms with van der Waals surface area (Å²) in [6, 6.07) is 6.05. The van der Waals surface area contributed by atoms with Crippen molar-refractivity contribution in [3.63, 3.8) is 0 Å². The van der Waals surface area contributed by atoms with Gasteiger partial charge in [-0.15, -0.1) is 0 Å². The fourth-order valence-electron chi connectivity index (χ4n) is 2.50. The lowest BCUT2D eigenvalue weighted by Crippen LogP contribution is -2.43. The molecule has 1 aromatic rings. The van der Waals surface area contributed by atoms with Gasteiger partial charge in [0.1, 0.15) is 6.29 Å². The molecule has 0 aliphatic carbocycles. The fourth-order valence-corrected chi connectivity index (χ4v) is 3.62. The van der Waals surface area contributed by atoms with Gasteiger partial charge in [0.25, 0.3) is 0 Å². The van der Waals surface area contributed by atoms with Crippen LogP contribution < -0.4 is 0 Å². The SMILES string of the molecule is Cc1ccc(S(=O)(=O)N(C)CC(=O)N2CCC[C@H]2C=O)cc1. The smallest absolute Gasteiger partial charge is 0.243 e. The number of carbonyl (C=O) groups excluding carboxylic acids is 2. The van der Waals surface area contributed by atoms with E-state index in [1.165, 1.54) is 24.1 Å². The van der Waals surface area contributed by atoms with Gasteiger partial charge in [-0.2, -0.15) is 4.31 Å². The average Bonchev–Trinajstić information content (AvgIpc) is 2.96. The van der Waals surface area contributed by atoms with E-state index < -0.39 is 16.1 Å². The topological polar surface area (TPSA) is 74.8 Å². The van der Waals surface area contributed by atoms with Crippen LogP contribution in [0.15, 0.2) is 29.2 Å². The predicted molar refractivity (Wildman–Crippen MR) is 81.8 cm³/mol. The summed E-state index contributed by atoms with van der Waals surface area (Å²) in [7, 11) is -2.33. The summed E-state index contributed by atoms with van der Waals surface area (Å²) < 4.78 is 25.9. The highest BCUT2D eigenvalue weighted by Gasteiger charge is 2.31. The van der Waals surface area contributed by atoms with E-state index in [4.69, 9.17) is 0 Å². The zero-order chi connectivity index (χ0) is 16.3. The molecule has 120 valence electrons. The maximum atomic E-state index is 12.4. The normalized spacial score (nSPS) is 18.7. The molecule has 1 aliphatic heterocycles. The van der Waals surface area contributed by atoms with Crippen molar-refractivity contribution in [2.75, 3.05) is 20.1 Å². The van der Waals surface area contributed by atoms with Crippen LogP contribution in [-0.2, 0) is 19.6 Å². The highest BCUT2D eigenvalue weighted by Crippen LogP contribution is 2.18. The maximum absolute atomic E-state index is 12.4. The summed E-state index contributed by atoms with van der Waals surface area (Å²) >= 11 is 0. The Balaban J connectivity index is 2.10. The lowest BCUT2D eigenvalue weighted by Gasteiger charge is -2.24. The van der Waals surface area contributed by atoms with Crippen LogP contribution in [0.25, 0.3) is 0 Å². The first-order chi connectivity index (χ1) is 10.4. The molecule has 2 rings (SSSR count). The van der Waals surface area contributed by atoms with Crippen LogP contribution in [0, 0.1) is 6.92 Å². The van der Waals surface area contributed by atoms with Crippen molar-refractivity contribution in [1.82, 2.24) is 9.21 Å². The molecule has 7 heteroatoms. The lowest BCUT2D eigenvalue weighted by molar-refractivity contribution is -0.134. The van der Waals surface area contributed by atoms with E-state index in [1.807, 2.05) is 6.92 Å². The zero-order valence-electron chi connectivity index (χ0n) is 12.7. The summed E-state index contributed by atoms with van der Waals surface area (Å²) in [5, 5.41) is 0. The molecule has 0 aromatic heterocycles. The number of likely N-dealkylation sites (N-methyl/N-ethyl adjacent to an activating group) is 1. The number of aryl methyl sites for hydroxylation is 1. The van der Waals surface area contributed by atoms with Crippen molar-refractivity contribution in [3.8, 4) is 0 Å². The van der Waals surface area contributed by atoms with Gasteiger partial charge < -0.3 is 9.69 Å². The van der Waals surface area contributed by atoms with Crippen LogP contribution in [0.4, 0.5) is 0 Å². The Kier molecular flexibility index (Phi) is 4.97. The quantitative estimate of drug-likeness (QED) is 0.751. The van der Waals surface area contributed by atoms with Gasteiger partial charge in [-0.1, -0.05) is 17.7 Å². The Labute approximate surface area is 130 Å². The Morgan fingerprint density at radius 2 is 2.00 bits per heavy atom. The van der Waals surface area contributed by atoms with Crippen molar-refractivity contribution in [1.29, 1.82) is 0 Å². The monoisotopic (exact) mass is 324 g/mol. The number of aldehydes is 1. The summed E-state index contributed by atoms with van der Waals surface area (Å²) in [6.45, 7) is 2.11. The van der Waals surface area contributed by atoms with Crippen LogP contribution in [0.2, 0.25) is 0 Å². The minimum atomic E-state index is -3.71. The van der Waals surface area contributed by atoms with Gasteiger partial charge in [0, 0.05) is 13.6 Å². The Morgan fingerprint density at radius 3 is 2.59 bits per heavy atom. The second-order valence-corrected chi connectivity index (χ2v) is 7.55. The first kappa shape index (κ1) is 16.6. The molecule has 0 bridgehead atoms. The molecular weight excluding hydrogens is 304 g/mol. The largest absolute Gasteiger partial charge is 0.332 e. The number of benzene rings is 1. The molecule has 0 radical (unpaired) electrons. The van der Waals surface area contributed by atoms with Gasteiger partial charge in [0.15, 0.2) is 0 Å². The van der Waals surface area contributed by atoms with Gasteiger partial charge in [-0.05, 0) is 31.9 Å². The van der Waals surface area contributed by atoms with Crippen molar-refractivity contribution in [2.24, 2.45) is 0 Å². The van der Waals surface area contributed by atoms with E-state index in [1.54, 1.807) is 12.1 Å². The molecule has 1 aromatic carbocycles. The fraction of sp³-hybridized carbons (Fsp3) is 0.467. The zero-order valence-corrected chi connectivity index (χ0v) is 13.5. The summed E-state index contributed by atoms with van der Waals surface area (Å²) in [5.74, 6) is -0.340. The highest BCUT2D eigenvalue weighted by atomic mass is 32.2. The molecule has 1 aliphatic rings. The molecule has 0 saturated carbocycles. The second kappa shape index (κ2) is 6.58. The molecule has 0 N–H and O–H groups in total. The van der Waals surface area contributed by atoms with Crippen molar-refractivity contribution in [2.45, 2.75) is 30.7 Å². The van der Waals surface area contributed by atoms with Crippen LogP contribution in [-0.4, -0.2) is 56.0 Å². The Morgan fingerprint density at radius 1 is 1.36 bits per heavy atom. The number of nitrogens with zero attached hydrogens (tertiary/aromatic N) is 2. The number of amides is 1. The van der Waals surface area contributed by atoms with E-state index in [2.05, 4.69) is 0 Å². The molecule has 0 unspecified atom stereocenters. The van der Waals surface area contributed by atoms with Crippen LogP contribution in [0.1, 0.15) is 18.4 Å². The summed E-state index contributed by atoms with van der Waals surface area (Å²) in [4.78, 5) is 24.8. The number of carbonyl (C=O) groups is 2. The molecular formula is C15H20N2O4S. The molecule has 6 nitrogen and oxygen atoms in total. The minimum Gasteiger partial charge on any atom is -0.332 e. The van der Waals surface area contributed by atoms with Crippen LogP contribution in [0.3, 0.4) is 0 Å². The number of likely N-dealkylation sites (tertiary alicyclic amines) is 1. The van der Waals surface area contributed by atoms with Crippen LogP contribution in [0.5, 0.6) is 0 Å².